The van der Waals surface area contributed by atoms with Crippen molar-refractivity contribution in [3.63, 3.8) is 0 Å². The summed E-state index contributed by atoms with van der Waals surface area (Å²) in [6.45, 7) is 0.712. The van der Waals surface area contributed by atoms with E-state index in [-0.39, 0.29) is 0 Å². The Balaban J connectivity index is 1.75. The standard InChI is InChI=1S/C15H16IN3O/c16-11-3-1-2-4-13(11)18-14-8-7-12(17)15(19-14)20-9-10-5-6-10/h1-4,7-8,10H,5-6,9,17H2,(H,18,19). The molecule has 0 aliphatic heterocycles. The van der Waals surface area contributed by atoms with Crippen LogP contribution in [-0.2, 0) is 0 Å². The number of para-hydroxylation sites is 1. The molecule has 1 saturated carbocycles. The molecule has 0 bridgehead atoms. The Labute approximate surface area is 131 Å². The normalized spacial score (nSPS) is 14.1. The van der Waals surface area contributed by atoms with Gasteiger partial charge in [-0.2, -0.15) is 4.98 Å². The number of nitrogen functional groups attached to an aromatic ring is 1. The van der Waals surface area contributed by atoms with Crippen LogP contribution in [0.3, 0.4) is 0 Å². The molecule has 1 heterocycles. The summed E-state index contributed by atoms with van der Waals surface area (Å²) in [6, 6.07) is 11.8. The summed E-state index contributed by atoms with van der Waals surface area (Å²) < 4.78 is 6.83. The lowest BCUT2D eigenvalue weighted by molar-refractivity contribution is 0.290. The predicted octanol–water partition coefficient (Wildman–Crippen LogP) is 3.80. The number of hydrogen-bond acceptors (Lipinski definition) is 4. The first-order chi connectivity index (χ1) is 9.72. The average Bonchev–Trinajstić information content (AvgIpc) is 3.26. The van der Waals surface area contributed by atoms with Crippen molar-refractivity contribution in [2.45, 2.75) is 12.8 Å². The molecule has 0 atom stereocenters. The highest BCUT2D eigenvalue weighted by Gasteiger charge is 2.22. The number of hydrogen-bond donors (Lipinski definition) is 2. The Morgan fingerprint density at radius 1 is 1.25 bits per heavy atom. The summed E-state index contributed by atoms with van der Waals surface area (Å²) in [5.74, 6) is 1.95. The number of nitrogens with zero attached hydrogens (tertiary/aromatic N) is 1. The summed E-state index contributed by atoms with van der Waals surface area (Å²) in [4.78, 5) is 4.45. The van der Waals surface area contributed by atoms with Crippen molar-refractivity contribution in [3.8, 4) is 5.88 Å². The zero-order valence-electron chi connectivity index (χ0n) is 11.0. The summed E-state index contributed by atoms with van der Waals surface area (Å²) in [5.41, 5.74) is 7.51. The maximum Gasteiger partial charge on any atom is 0.239 e. The van der Waals surface area contributed by atoms with Crippen LogP contribution in [0.2, 0.25) is 0 Å². The molecule has 1 aliphatic rings. The molecule has 0 radical (unpaired) electrons. The van der Waals surface area contributed by atoms with Crippen molar-refractivity contribution in [2.24, 2.45) is 5.92 Å². The van der Waals surface area contributed by atoms with Gasteiger partial charge in [-0.15, -0.1) is 0 Å². The van der Waals surface area contributed by atoms with Crippen molar-refractivity contribution in [1.29, 1.82) is 0 Å². The van der Waals surface area contributed by atoms with Gasteiger partial charge in [0.1, 0.15) is 5.82 Å². The van der Waals surface area contributed by atoms with Crippen LogP contribution in [-0.4, -0.2) is 11.6 Å². The molecule has 5 heteroatoms. The van der Waals surface area contributed by atoms with Gasteiger partial charge < -0.3 is 15.8 Å². The van der Waals surface area contributed by atoms with E-state index in [1.807, 2.05) is 36.4 Å². The van der Waals surface area contributed by atoms with E-state index in [4.69, 9.17) is 10.5 Å². The molecule has 1 aliphatic carbocycles. The fraction of sp³-hybridized carbons (Fsp3) is 0.267. The number of pyridine rings is 1. The van der Waals surface area contributed by atoms with E-state index >= 15 is 0 Å². The number of aromatic nitrogens is 1. The lowest BCUT2D eigenvalue weighted by Gasteiger charge is -2.11. The highest BCUT2D eigenvalue weighted by molar-refractivity contribution is 14.1. The summed E-state index contributed by atoms with van der Waals surface area (Å²) in [5, 5.41) is 3.29. The van der Waals surface area contributed by atoms with Gasteiger partial charge in [-0.1, -0.05) is 12.1 Å². The van der Waals surface area contributed by atoms with E-state index in [2.05, 4.69) is 32.9 Å². The lowest BCUT2D eigenvalue weighted by Crippen LogP contribution is -2.05. The molecule has 1 fully saturated rings. The number of anilines is 3. The van der Waals surface area contributed by atoms with E-state index < -0.39 is 0 Å². The van der Waals surface area contributed by atoms with Crippen LogP contribution in [0, 0.1) is 9.49 Å². The van der Waals surface area contributed by atoms with Gasteiger partial charge >= 0.3 is 0 Å². The monoisotopic (exact) mass is 381 g/mol. The second kappa shape index (κ2) is 5.87. The quantitative estimate of drug-likeness (QED) is 0.774. The van der Waals surface area contributed by atoms with Crippen LogP contribution in [0.25, 0.3) is 0 Å². The summed E-state index contributed by atoms with van der Waals surface area (Å²) >= 11 is 2.29. The van der Waals surface area contributed by atoms with Crippen LogP contribution in [0.1, 0.15) is 12.8 Å². The smallest absolute Gasteiger partial charge is 0.239 e. The van der Waals surface area contributed by atoms with E-state index in [1.54, 1.807) is 0 Å². The van der Waals surface area contributed by atoms with Crippen LogP contribution in [0.15, 0.2) is 36.4 Å². The van der Waals surface area contributed by atoms with Gasteiger partial charge in [0.05, 0.1) is 18.0 Å². The van der Waals surface area contributed by atoms with Gasteiger partial charge in [0.15, 0.2) is 0 Å². The van der Waals surface area contributed by atoms with E-state index in [0.717, 1.165) is 15.1 Å². The Kier molecular flexibility index (Phi) is 3.95. The lowest BCUT2D eigenvalue weighted by atomic mass is 10.3. The Morgan fingerprint density at radius 3 is 2.80 bits per heavy atom. The second-order valence-corrected chi connectivity index (χ2v) is 6.11. The van der Waals surface area contributed by atoms with Crippen molar-refractivity contribution in [1.82, 2.24) is 4.98 Å². The molecule has 2 aromatic rings. The van der Waals surface area contributed by atoms with Crippen molar-refractivity contribution in [2.75, 3.05) is 17.7 Å². The fourth-order valence-corrected chi connectivity index (χ4v) is 2.34. The maximum atomic E-state index is 5.90. The van der Waals surface area contributed by atoms with Crippen LogP contribution < -0.4 is 15.8 Å². The third kappa shape index (κ3) is 3.33. The van der Waals surface area contributed by atoms with Crippen molar-refractivity contribution < 1.29 is 4.74 Å². The van der Waals surface area contributed by atoms with E-state index in [9.17, 15) is 0 Å². The maximum absolute atomic E-state index is 5.90. The second-order valence-electron chi connectivity index (χ2n) is 4.95. The Hall–Kier alpha value is -1.50. The molecule has 20 heavy (non-hydrogen) atoms. The molecular formula is C15H16IN3O. The average molecular weight is 381 g/mol. The molecule has 4 nitrogen and oxygen atoms in total. The number of nitrogens with one attached hydrogen (secondary N) is 1. The molecular weight excluding hydrogens is 365 g/mol. The van der Waals surface area contributed by atoms with Gasteiger partial charge in [0, 0.05) is 3.57 Å². The van der Waals surface area contributed by atoms with Gasteiger partial charge in [-0.25, -0.2) is 0 Å². The topological polar surface area (TPSA) is 60.2 Å². The largest absolute Gasteiger partial charge is 0.476 e. The third-order valence-electron chi connectivity index (χ3n) is 3.18. The first kappa shape index (κ1) is 13.5. The summed E-state index contributed by atoms with van der Waals surface area (Å²) in [6.07, 6.45) is 2.50. The fourth-order valence-electron chi connectivity index (χ4n) is 1.82. The molecule has 104 valence electrons. The zero-order valence-corrected chi connectivity index (χ0v) is 13.1. The van der Waals surface area contributed by atoms with E-state index in [0.29, 0.717) is 24.1 Å². The van der Waals surface area contributed by atoms with Gasteiger partial charge in [0.25, 0.3) is 0 Å². The number of nitrogens with two attached hydrogens (primary N) is 1. The molecule has 1 aromatic carbocycles. The van der Waals surface area contributed by atoms with Crippen molar-refractivity contribution >= 4 is 39.8 Å². The molecule has 3 rings (SSSR count). The zero-order chi connectivity index (χ0) is 13.9. The molecule has 1 aromatic heterocycles. The summed E-state index contributed by atoms with van der Waals surface area (Å²) in [7, 11) is 0. The van der Waals surface area contributed by atoms with Crippen LogP contribution >= 0.6 is 22.6 Å². The molecule has 0 amide bonds. The number of halogens is 1. The van der Waals surface area contributed by atoms with Gasteiger partial charge in [0.2, 0.25) is 5.88 Å². The van der Waals surface area contributed by atoms with Crippen molar-refractivity contribution in [3.05, 3.63) is 40.0 Å². The molecule has 3 N–H and O–H groups in total. The minimum atomic E-state index is 0.521. The minimum absolute atomic E-state index is 0.521. The first-order valence-electron chi connectivity index (χ1n) is 6.63. The number of rotatable bonds is 5. The van der Waals surface area contributed by atoms with Gasteiger partial charge in [-0.3, -0.25) is 0 Å². The SMILES string of the molecule is Nc1ccc(Nc2ccccc2I)nc1OCC1CC1. The number of benzene rings is 1. The highest BCUT2D eigenvalue weighted by atomic mass is 127. The van der Waals surface area contributed by atoms with Gasteiger partial charge in [-0.05, 0) is 65.6 Å². The molecule has 0 saturated heterocycles. The van der Waals surface area contributed by atoms with Crippen LogP contribution in [0.4, 0.5) is 17.2 Å². The molecule has 0 unspecified atom stereocenters. The van der Waals surface area contributed by atoms with Crippen LogP contribution in [0.5, 0.6) is 5.88 Å². The Morgan fingerprint density at radius 2 is 2.05 bits per heavy atom. The number of ether oxygens (including phenoxy) is 1. The predicted molar refractivity (Wildman–Crippen MR) is 89.3 cm³/mol. The minimum Gasteiger partial charge on any atom is -0.476 e. The Bertz CT molecular complexity index is 614. The highest BCUT2D eigenvalue weighted by Crippen LogP contribution is 2.31. The third-order valence-corrected chi connectivity index (χ3v) is 4.12. The van der Waals surface area contributed by atoms with E-state index in [1.165, 1.54) is 12.8 Å². The molecule has 0 spiro atoms. The first-order valence-corrected chi connectivity index (χ1v) is 7.71.